The van der Waals surface area contributed by atoms with Crippen molar-refractivity contribution in [1.29, 1.82) is 0 Å². The molecule has 4 heteroatoms. The molecule has 0 saturated carbocycles. The average Bonchev–Trinajstić information content (AvgIpc) is 2.87. The van der Waals surface area contributed by atoms with E-state index in [-0.39, 0.29) is 6.04 Å². The lowest BCUT2D eigenvalue weighted by molar-refractivity contribution is 0.339. The smallest absolute Gasteiger partial charge is 0.125 e. The second kappa shape index (κ2) is 6.07. The predicted octanol–water partition coefficient (Wildman–Crippen LogP) is 3.75. The third-order valence-electron chi connectivity index (χ3n) is 2.71. The van der Waals surface area contributed by atoms with Crippen molar-refractivity contribution >= 4 is 15.9 Å². The minimum atomic E-state index is 0.0325. The van der Waals surface area contributed by atoms with Gasteiger partial charge in [-0.05, 0) is 43.8 Å². The molecule has 1 unspecified atom stereocenters. The Morgan fingerprint density at radius 2 is 2.22 bits per heavy atom. The summed E-state index contributed by atoms with van der Waals surface area (Å²) in [4.78, 5) is 0. The largest absolute Gasteiger partial charge is 0.494 e. The van der Waals surface area contributed by atoms with Gasteiger partial charge in [0.1, 0.15) is 11.5 Å². The Balaban J connectivity index is 2.32. The topological polar surface area (TPSA) is 34.4 Å². The van der Waals surface area contributed by atoms with Crippen molar-refractivity contribution in [3.8, 4) is 5.75 Å². The molecule has 96 valence electrons. The first-order chi connectivity index (χ1) is 8.76. The van der Waals surface area contributed by atoms with Crippen LogP contribution in [-0.4, -0.2) is 13.7 Å². The summed E-state index contributed by atoms with van der Waals surface area (Å²) in [5.74, 6) is 1.75. The molecule has 0 fully saturated rings. The molecule has 1 aromatic heterocycles. The predicted molar refractivity (Wildman–Crippen MR) is 74.9 cm³/mol. The molecule has 18 heavy (non-hydrogen) atoms. The van der Waals surface area contributed by atoms with E-state index in [9.17, 15) is 0 Å². The van der Waals surface area contributed by atoms with Crippen LogP contribution in [0.1, 0.15) is 24.3 Å². The number of nitrogens with one attached hydrogen (secondary N) is 1. The van der Waals surface area contributed by atoms with Crippen molar-refractivity contribution < 1.29 is 9.15 Å². The van der Waals surface area contributed by atoms with Gasteiger partial charge in [0.15, 0.2) is 0 Å². The zero-order chi connectivity index (χ0) is 13.0. The molecule has 0 spiro atoms. The average molecular weight is 310 g/mol. The van der Waals surface area contributed by atoms with Gasteiger partial charge in [-0.2, -0.15) is 0 Å². The highest BCUT2D eigenvalue weighted by Gasteiger charge is 2.17. The van der Waals surface area contributed by atoms with E-state index in [1.807, 2.05) is 44.3 Å². The van der Waals surface area contributed by atoms with Gasteiger partial charge in [-0.3, -0.25) is 0 Å². The first kappa shape index (κ1) is 13.2. The van der Waals surface area contributed by atoms with Crippen molar-refractivity contribution in [2.75, 3.05) is 13.7 Å². The van der Waals surface area contributed by atoms with Crippen LogP contribution in [0.2, 0.25) is 0 Å². The second-order valence-electron chi connectivity index (χ2n) is 3.85. The van der Waals surface area contributed by atoms with Crippen LogP contribution in [0.25, 0.3) is 0 Å². The number of hydrogen-bond acceptors (Lipinski definition) is 3. The molecule has 2 aromatic rings. The van der Waals surface area contributed by atoms with Crippen LogP contribution in [0.5, 0.6) is 5.75 Å². The van der Waals surface area contributed by atoms with E-state index in [4.69, 9.17) is 9.15 Å². The SMILES string of the molecule is CCOc1ccc(C(NC)c2ccco2)c(Br)c1. The minimum Gasteiger partial charge on any atom is -0.494 e. The zero-order valence-corrected chi connectivity index (χ0v) is 12.0. The van der Waals surface area contributed by atoms with E-state index in [1.165, 1.54) is 0 Å². The molecule has 1 atom stereocenters. The molecule has 2 rings (SSSR count). The molecular weight excluding hydrogens is 294 g/mol. The molecule has 1 heterocycles. The number of rotatable bonds is 5. The van der Waals surface area contributed by atoms with Crippen LogP contribution in [0.4, 0.5) is 0 Å². The molecule has 1 aromatic carbocycles. The summed E-state index contributed by atoms with van der Waals surface area (Å²) in [6, 6.07) is 9.87. The summed E-state index contributed by atoms with van der Waals surface area (Å²) in [5, 5.41) is 3.25. The Hall–Kier alpha value is -1.26. The normalized spacial score (nSPS) is 12.4. The lowest BCUT2D eigenvalue weighted by atomic mass is 10.0. The molecule has 0 aliphatic rings. The minimum absolute atomic E-state index is 0.0325. The van der Waals surface area contributed by atoms with Gasteiger partial charge in [0.05, 0.1) is 18.9 Å². The zero-order valence-electron chi connectivity index (χ0n) is 10.4. The Morgan fingerprint density at radius 3 is 2.78 bits per heavy atom. The van der Waals surface area contributed by atoms with Crippen molar-refractivity contribution in [1.82, 2.24) is 5.32 Å². The monoisotopic (exact) mass is 309 g/mol. The highest BCUT2D eigenvalue weighted by Crippen LogP contribution is 2.31. The first-order valence-corrected chi connectivity index (χ1v) is 6.68. The van der Waals surface area contributed by atoms with Crippen molar-refractivity contribution in [3.63, 3.8) is 0 Å². The van der Waals surface area contributed by atoms with Gasteiger partial charge >= 0.3 is 0 Å². The summed E-state index contributed by atoms with van der Waals surface area (Å²) >= 11 is 3.58. The van der Waals surface area contributed by atoms with E-state index >= 15 is 0 Å². The lowest BCUT2D eigenvalue weighted by Gasteiger charge is -2.16. The van der Waals surface area contributed by atoms with Gasteiger partial charge in [-0.1, -0.05) is 22.0 Å². The second-order valence-corrected chi connectivity index (χ2v) is 4.71. The molecule has 0 amide bonds. The molecule has 0 bridgehead atoms. The lowest BCUT2D eigenvalue weighted by Crippen LogP contribution is -2.17. The first-order valence-electron chi connectivity index (χ1n) is 5.89. The third-order valence-corrected chi connectivity index (χ3v) is 3.40. The summed E-state index contributed by atoms with van der Waals surface area (Å²) in [6.45, 7) is 2.64. The van der Waals surface area contributed by atoms with E-state index in [0.29, 0.717) is 6.61 Å². The van der Waals surface area contributed by atoms with Gasteiger partial charge in [0, 0.05) is 4.47 Å². The van der Waals surface area contributed by atoms with Crippen molar-refractivity contribution in [2.45, 2.75) is 13.0 Å². The van der Waals surface area contributed by atoms with Crippen LogP contribution < -0.4 is 10.1 Å². The maximum atomic E-state index is 5.47. The summed E-state index contributed by atoms with van der Waals surface area (Å²) in [5.41, 5.74) is 1.12. The quantitative estimate of drug-likeness (QED) is 0.913. The molecule has 0 aliphatic heterocycles. The van der Waals surface area contributed by atoms with Gasteiger partial charge in [-0.15, -0.1) is 0 Å². The van der Waals surface area contributed by atoms with Crippen molar-refractivity contribution in [3.05, 3.63) is 52.4 Å². The number of halogens is 1. The highest BCUT2D eigenvalue weighted by molar-refractivity contribution is 9.10. The van der Waals surface area contributed by atoms with E-state index in [1.54, 1.807) is 6.26 Å². The molecule has 3 nitrogen and oxygen atoms in total. The number of furan rings is 1. The molecular formula is C14H16BrNO2. The molecule has 0 saturated heterocycles. The van der Waals surface area contributed by atoms with E-state index in [0.717, 1.165) is 21.5 Å². The van der Waals surface area contributed by atoms with E-state index < -0.39 is 0 Å². The maximum Gasteiger partial charge on any atom is 0.125 e. The van der Waals surface area contributed by atoms with Crippen LogP contribution >= 0.6 is 15.9 Å². The summed E-state index contributed by atoms with van der Waals surface area (Å²) in [6.07, 6.45) is 1.68. The van der Waals surface area contributed by atoms with Crippen LogP contribution in [0.3, 0.4) is 0 Å². The summed E-state index contributed by atoms with van der Waals surface area (Å²) < 4.78 is 11.9. The van der Waals surface area contributed by atoms with Crippen LogP contribution in [0, 0.1) is 0 Å². The van der Waals surface area contributed by atoms with Gasteiger partial charge in [0.25, 0.3) is 0 Å². The Morgan fingerprint density at radius 1 is 1.39 bits per heavy atom. The van der Waals surface area contributed by atoms with Gasteiger partial charge in [-0.25, -0.2) is 0 Å². The Kier molecular flexibility index (Phi) is 4.44. The Labute approximate surface area is 115 Å². The highest BCUT2D eigenvalue weighted by atomic mass is 79.9. The summed E-state index contributed by atoms with van der Waals surface area (Å²) in [7, 11) is 1.91. The third kappa shape index (κ3) is 2.76. The number of ether oxygens (including phenoxy) is 1. The fourth-order valence-corrected chi connectivity index (χ4v) is 2.49. The number of benzene rings is 1. The van der Waals surface area contributed by atoms with Gasteiger partial charge < -0.3 is 14.5 Å². The molecule has 0 aliphatic carbocycles. The van der Waals surface area contributed by atoms with Crippen LogP contribution in [-0.2, 0) is 0 Å². The molecule has 0 radical (unpaired) electrons. The van der Waals surface area contributed by atoms with Crippen molar-refractivity contribution in [2.24, 2.45) is 0 Å². The number of hydrogen-bond donors (Lipinski definition) is 1. The van der Waals surface area contributed by atoms with Crippen LogP contribution in [0.15, 0.2) is 45.5 Å². The van der Waals surface area contributed by atoms with E-state index in [2.05, 4.69) is 21.2 Å². The Bertz CT molecular complexity index is 497. The standard InChI is InChI=1S/C14H16BrNO2/c1-3-17-10-6-7-11(12(15)9-10)14(16-2)13-5-4-8-18-13/h4-9,14,16H,3H2,1-2H3. The fraction of sp³-hybridized carbons (Fsp3) is 0.286. The molecule has 1 N–H and O–H groups in total. The van der Waals surface area contributed by atoms with Gasteiger partial charge in [0.2, 0.25) is 0 Å². The maximum absolute atomic E-state index is 5.47. The fourth-order valence-electron chi connectivity index (χ4n) is 1.90.